The Morgan fingerprint density at radius 3 is 2.75 bits per heavy atom. The highest BCUT2D eigenvalue weighted by Crippen LogP contribution is 2.16. The third-order valence-corrected chi connectivity index (χ3v) is 2.43. The maximum atomic E-state index is 8.95. The van der Waals surface area contributed by atoms with E-state index in [-0.39, 0.29) is 6.61 Å². The van der Waals surface area contributed by atoms with Crippen molar-refractivity contribution in [2.24, 2.45) is 0 Å². The molecule has 0 unspecified atom stereocenters. The molecule has 16 heavy (non-hydrogen) atoms. The minimum Gasteiger partial charge on any atom is -0.467 e. The third kappa shape index (κ3) is 2.64. The van der Waals surface area contributed by atoms with Crippen molar-refractivity contribution in [1.82, 2.24) is 0 Å². The first-order valence-electron chi connectivity index (χ1n) is 5.35. The third-order valence-electron chi connectivity index (χ3n) is 2.43. The second kappa shape index (κ2) is 5.37. The maximum absolute atomic E-state index is 8.95. The lowest BCUT2D eigenvalue weighted by atomic mass is 10.1. The number of aliphatic hydroxyl groups excluding tert-OH is 1. The van der Waals surface area contributed by atoms with Gasteiger partial charge in [-0.15, -0.1) is 0 Å². The molecule has 0 amide bonds. The predicted molar refractivity (Wildman–Crippen MR) is 63.3 cm³/mol. The molecule has 0 bridgehead atoms. The molecule has 0 saturated carbocycles. The number of hydrogen-bond donors (Lipinski definition) is 2. The van der Waals surface area contributed by atoms with E-state index in [0.29, 0.717) is 13.0 Å². The van der Waals surface area contributed by atoms with Gasteiger partial charge in [-0.1, -0.05) is 18.2 Å². The van der Waals surface area contributed by atoms with Crippen molar-refractivity contribution in [1.29, 1.82) is 0 Å². The summed E-state index contributed by atoms with van der Waals surface area (Å²) in [5.41, 5.74) is 2.17. The smallest absolute Gasteiger partial charge is 0.122 e. The van der Waals surface area contributed by atoms with Crippen LogP contribution in [0.4, 0.5) is 5.69 Å². The van der Waals surface area contributed by atoms with Gasteiger partial charge in [-0.25, -0.2) is 0 Å². The molecule has 1 aromatic carbocycles. The zero-order valence-corrected chi connectivity index (χ0v) is 9.02. The molecule has 0 radical (unpaired) electrons. The van der Waals surface area contributed by atoms with Crippen molar-refractivity contribution in [3.8, 4) is 0 Å². The van der Waals surface area contributed by atoms with Crippen LogP contribution in [0.3, 0.4) is 0 Å². The van der Waals surface area contributed by atoms with Crippen molar-refractivity contribution < 1.29 is 9.52 Å². The topological polar surface area (TPSA) is 45.4 Å². The van der Waals surface area contributed by atoms with E-state index in [2.05, 4.69) is 5.32 Å². The molecular formula is C13H15NO2. The van der Waals surface area contributed by atoms with Gasteiger partial charge in [0.15, 0.2) is 0 Å². The lowest BCUT2D eigenvalue weighted by Crippen LogP contribution is -2.02. The molecule has 2 N–H and O–H groups in total. The first kappa shape index (κ1) is 10.8. The summed E-state index contributed by atoms with van der Waals surface area (Å²) in [5.74, 6) is 0.902. The number of aliphatic hydroxyl groups is 1. The van der Waals surface area contributed by atoms with Crippen LogP contribution in [0.1, 0.15) is 11.3 Å². The zero-order chi connectivity index (χ0) is 11.2. The Hall–Kier alpha value is -1.74. The van der Waals surface area contributed by atoms with Crippen molar-refractivity contribution in [2.75, 3.05) is 11.9 Å². The van der Waals surface area contributed by atoms with E-state index in [0.717, 1.165) is 17.0 Å². The second-order valence-electron chi connectivity index (χ2n) is 3.56. The van der Waals surface area contributed by atoms with Gasteiger partial charge in [-0.2, -0.15) is 0 Å². The van der Waals surface area contributed by atoms with Gasteiger partial charge in [0, 0.05) is 12.3 Å². The van der Waals surface area contributed by atoms with Gasteiger partial charge in [-0.3, -0.25) is 0 Å². The van der Waals surface area contributed by atoms with Crippen LogP contribution in [0.15, 0.2) is 47.1 Å². The SMILES string of the molecule is OCCc1ccccc1NCc1ccco1. The minimum absolute atomic E-state index is 0.166. The summed E-state index contributed by atoms with van der Waals surface area (Å²) >= 11 is 0. The van der Waals surface area contributed by atoms with Gasteiger partial charge in [0.05, 0.1) is 12.8 Å². The molecule has 0 spiro atoms. The van der Waals surface area contributed by atoms with Crippen molar-refractivity contribution in [3.05, 3.63) is 54.0 Å². The van der Waals surface area contributed by atoms with E-state index in [1.807, 2.05) is 36.4 Å². The maximum Gasteiger partial charge on any atom is 0.122 e. The molecule has 3 heteroatoms. The van der Waals surface area contributed by atoms with Gasteiger partial charge in [0.2, 0.25) is 0 Å². The molecule has 0 atom stereocenters. The number of para-hydroxylation sites is 1. The van der Waals surface area contributed by atoms with E-state index in [9.17, 15) is 0 Å². The highest BCUT2D eigenvalue weighted by atomic mass is 16.3. The normalized spacial score (nSPS) is 10.3. The number of benzene rings is 1. The summed E-state index contributed by atoms with van der Waals surface area (Å²) in [6.07, 6.45) is 2.33. The quantitative estimate of drug-likeness (QED) is 0.808. The number of nitrogens with one attached hydrogen (secondary N) is 1. The average molecular weight is 217 g/mol. The van der Waals surface area contributed by atoms with Crippen LogP contribution in [-0.4, -0.2) is 11.7 Å². The van der Waals surface area contributed by atoms with Gasteiger partial charge >= 0.3 is 0 Å². The Balaban J connectivity index is 2.03. The molecular weight excluding hydrogens is 202 g/mol. The number of anilines is 1. The van der Waals surface area contributed by atoms with Crippen LogP contribution < -0.4 is 5.32 Å². The Labute approximate surface area is 94.7 Å². The molecule has 0 aliphatic rings. The molecule has 3 nitrogen and oxygen atoms in total. The van der Waals surface area contributed by atoms with Gasteiger partial charge < -0.3 is 14.8 Å². The Bertz CT molecular complexity index is 423. The minimum atomic E-state index is 0.166. The second-order valence-corrected chi connectivity index (χ2v) is 3.56. The summed E-state index contributed by atoms with van der Waals surface area (Å²) in [6.45, 7) is 0.828. The van der Waals surface area contributed by atoms with E-state index in [1.54, 1.807) is 6.26 Å². The molecule has 0 saturated heterocycles. The van der Waals surface area contributed by atoms with Crippen LogP contribution in [-0.2, 0) is 13.0 Å². The molecule has 2 rings (SSSR count). The predicted octanol–water partition coefficient (Wildman–Crippen LogP) is 2.43. The van der Waals surface area contributed by atoms with Crippen LogP contribution in [0.2, 0.25) is 0 Å². The summed E-state index contributed by atoms with van der Waals surface area (Å²) in [4.78, 5) is 0. The largest absolute Gasteiger partial charge is 0.467 e. The van der Waals surface area contributed by atoms with Crippen molar-refractivity contribution in [3.63, 3.8) is 0 Å². The highest BCUT2D eigenvalue weighted by Gasteiger charge is 2.01. The fraction of sp³-hybridized carbons (Fsp3) is 0.231. The summed E-state index contributed by atoms with van der Waals surface area (Å²) < 4.78 is 5.24. The Morgan fingerprint density at radius 1 is 1.12 bits per heavy atom. The molecule has 1 heterocycles. The molecule has 1 aromatic heterocycles. The summed E-state index contributed by atoms with van der Waals surface area (Å²) in [7, 11) is 0. The molecule has 0 fully saturated rings. The van der Waals surface area contributed by atoms with E-state index in [4.69, 9.17) is 9.52 Å². The number of rotatable bonds is 5. The van der Waals surface area contributed by atoms with Crippen LogP contribution in [0.25, 0.3) is 0 Å². The molecule has 0 aliphatic heterocycles. The summed E-state index contributed by atoms with van der Waals surface area (Å²) in [6, 6.07) is 11.8. The van der Waals surface area contributed by atoms with Crippen molar-refractivity contribution in [2.45, 2.75) is 13.0 Å². The molecule has 84 valence electrons. The van der Waals surface area contributed by atoms with E-state index in [1.165, 1.54) is 0 Å². The van der Waals surface area contributed by atoms with Crippen LogP contribution >= 0.6 is 0 Å². The first-order chi connectivity index (χ1) is 7.90. The first-order valence-corrected chi connectivity index (χ1v) is 5.35. The Morgan fingerprint density at radius 2 is 2.00 bits per heavy atom. The van der Waals surface area contributed by atoms with Crippen LogP contribution in [0.5, 0.6) is 0 Å². The van der Waals surface area contributed by atoms with Gasteiger partial charge in [-0.05, 0) is 30.2 Å². The Kier molecular flexibility index (Phi) is 3.62. The number of furan rings is 1. The summed E-state index contributed by atoms with van der Waals surface area (Å²) in [5, 5.41) is 12.2. The number of hydrogen-bond acceptors (Lipinski definition) is 3. The average Bonchev–Trinajstić information content (AvgIpc) is 2.81. The standard InChI is InChI=1S/C13H15NO2/c15-8-7-11-4-1-2-6-13(11)14-10-12-5-3-9-16-12/h1-6,9,14-15H,7-8,10H2. The van der Waals surface area contributed by atoms with Crippen molar-refractivity contribution >= 4 is 5.69 Å². The lowest BCUT2D eigenvalue weighted by Gasteiger charge is -2.09. The van der Waals surface area contributed by atoms with Crippen LogP contribution in [0, 0.1) is 0 Å². The fourth-order valence-electron chi connectivity index (χ4n) is 1.63. The van der Waals surface area contributed by atoms with Gasteiger partial charge in [0.25, 0.3) is 0 Å². The zero-order valence-electron chi connectivity index (χ0n) is 9.02. The molecule has 0 aliphatic carbocycles. The molecule has 2 aromatic rings. The van der Waals surface area contributed by atoms with E-state index >= 15 is 0 Å². The van der Waals surface area contributed by atoms with Gasteiger partial charge in [0.1, 0.15) is 5.76 Å². The monoisotopic (exact) mass is 217 g/mol. The van der Waals surface area contributed by atoms with E-state index < -0.39 is 0 Å². The highest BCUT2D eigenvalue weighted by molar-refractivity contribution is 5.51. The lowest BCUT2D eigenvalue weighted by molar-refractivity contribution is 0.300. The fourth-order valence-corrected chi connectivity index (χ4v) is 1.63.